The first-order chi connectivity index (χ1) is 7.22. The van der Waals surface area contributed by atoms with Gasteiger partial charge in [0.15, 0.2) is 0 Å². The summed E-state index contributed by atoms with van der Waals surface area (Å²) >= 11 is 15.5. The number of methoxy groups -OCH3 is 1. The van der Waals surface area contributed by atoms with Gasteiger partial charge in [-0.1, -0.05) is 11.6 Å². The predicted octanol–water partition coefficient (Wildman–Crippen LogP) is 4.80. The van der Waals surface area contributed by atoms with E-state index in [9.17, 15) is 0 Å². The lowest BCUT2D eigenvalue weighted by atomic mass is 10.3. The number of ether oxygens (including phenoxy) is 1. The van der Waals surface area contributed by atoms with Gasteiger partial charge in [0, 0.05) is 15.1 Å². The first kappa shape index (κ1) is 11.3. The summed E-state index contributed by atoms with van der Waals surface area (Å²) in [6, 6.07) is 3.81. The molecule has 2 rings (SSSR count). The van der Waals surface area contributed by atoms with Crippen LogP contribution in [0.3, 0.4) is 0 Å². The largest absolute Gasteiger partial charge is 0.496 e. The number of hydrogen-bond acceptors (Lipinski definition) is 3. The van der Waals surface area contributed by atoms with E-state index in [1.807, 2.05) is 22.9 Å². The Kier molecular flexibility index (Phi) is 3.57. The minimum absolute atomic E-state index is 0.175. The molecule has 0 N–H and O–H groups in total. The summed E-state index contributed by atoms with van der Waals surface area (Å²) in [6.07, 6.45) is 0. The van der Waals surface area contributed by atoms with Crippen molar-refractivity contribution in [3.63, 3.8) is 0 Å². The predicted molar refractivity (Wildman–Crippen MR) is 67.9 cm³/mol. The van der Waals surface area contributed by atoms with Gasteiger partial charge in [0.1, 0.15) is 11.1 Å². The van der Waals surface area contributed by atoms with Crippen LogP contribution in [0.2, 0.25) is 5.02 Å². The van der Waals surface area contributed by atoms with E-state index in [0.29, 0.717) is 0 Å². The fraction of sp³-hybridized carbons (Fsp3) is 0.200. The molecule has 0 aromatic carbocycles. The Labute approximate surface area is 106 Å². The Balaban J connectivity index is 2.28. The molecule has 0 radical (unpaired) electrons. The lowest BCUT2D eigenvalue weighted by molar-refractivity contribution is 0.416. The van der Waals surface area contributed by atoms with Gasteiger partial charge in [0.25, 0.3) is 0 Å². The molecule has 5 heteroatoms. The van der Waals surface area contributed by atoms with Crippen molar-refractivity contribution in [1.82, 2.24) is 0 Å². The minimum Gasteiger partial charge on any atom is -0.496 e. The molecule has 0 aliphatic heterocycles. The molecular weight excluding hydrogens is 271 g/mol. The third kappa shape index (κ3) is 2.31. The van der Waals surface area contributed by atoms with Crippen LogP contribution < -0.4 is 4.74 Å². The molecule has 0 fully saturated rings. The van der Waals surface area contributed by atoms with Crippen LogP contribution in [0.1, 0.15) is 15.1 Å². The van der Waals surface area contributed by atoms with Crippen molar-refractivity contribution in [2.75, 3.05) is 7.11 Å². The van der Waals surface area contributed by atoms with Gasteiger partial charge in [-0.25, -0.2) is 0 Å². The van der Waals surface area contributed by atoms with Gasteiger partial charge < -0.3 is 4.74 Å². The van der Waals surface area contributed by atoms with Crippen molar-refractivity contribution in [3.05, 3.63) is 37.7 Å². The van der Waals surface area contributed by atoms with Crippen LogP contribution in [0, 0.1) is 0 Å². The second-order valence-electron chi connectivity index (χ2n) is 2.88. The van der Waals surface area contributed by atoms with Crippen LogP contribution in [0.5, 0.6) is 5.75 Å². The maximum absolute atomic E-state index is 6.33. The highest BCUT2D eigenvalue weighted by molar-refractivity contribution is 7.12. The molecule has 0 bridgehead atoms. The zero-order chi connectivity index (χ0) is 10.8. The summed E-state index contributed by atoms with van der Waals surface area (Å²) < 4.78 is 5.11. The molecule has 15 heavy (non-hydrogen) atoms. The SMILES string of the molecule is COc1csc(C(Cl)c2sccc2Cl)c1. The summed E-state index contributed by atoms with van der Waals surface area (Å²) in [4.78, 5) is 2.04. The first-order valence-corrected chi connectivity index (χ1v) is 6.79. The van der Waals surface area contributed by atoms with Gasteiger partial charge >= 0.3 is 0 Å². The third-order valence-corrected chi connectivity index (χ3v) is 5.07. The zero-order valence-electron chi connectivity index (χ0n) is 7.87. The molecule has 1 nitrogen and oxygen atoms in total. The number of hydrogen-bond donors (Lipinski definition) is 0. The molecule has 0 amide bonds. The Bertz CT molecular complexity index is 450. The van der Waals surface area contributed by atoms with Gasteiger partial charge in [-0.2, -0.15) is 0 Å². The van der Waals surface area contributed by atoms with Gasteiger partial charge in [-0.05, 0) is 17.5 Å². The fourth-order valence-electron chi connectivity index (χ4n) is 1.19. The van der Waals surface area contributed by atoms with E-state index in [-0.39, 0.29) is 5.38 Å². The highest BCUT2D eigenvalue weighted by Crippen LogP contribution is 2.40. The molecular formula is C10H8Cl2OS2. The van der Waals surface area contributed by atoms with Gasteiger partial charge in [-0.15, -0.1) is 34.3 Å². The third-order valence-electron chi connectivity index (χ3n) is 1.96. The van der Waals surface area contributed by atoms with Crippen LogP contribution in [-0.4, -0.2) is 7.11 Å². The molecule has 0 saturated carbocycles. The lowest BCUT2D eigenvalue weighted by Crippen LogP contribution is -1.86. The van der Waals surface area contributed by atoms with Crippen LogP contribution in [0.4, 0.5) is 0 Å². The van der Waals surface area contributed by atoms with Gasteiger partial charge in [-0.3, -0.25) is 0 Å². The average molecular weight is 279 g/mol. The monoisotopic (exact) mass is 278 g/mol. The number of rotatable bonds is 3. The highest BCUT2D eigenvalue weighted by Gasteiger charge is 2.17. The van der Waals surface area contributed by atoms with Gasteiger partial charge in [0.2, 0.25) is 0 Å². The van der Waals surface area contributed by atoms with E-state index in [1.54, 1.807) is 29.8 Å². The smallest absolute Gasteiger partial charge is 0.129 e. The molecule has 2 aromatic rings. The topological polar surface area (TPSA) is 9.23 Å². The molecule has 80 valence electrons. The van der Waals surface area contributed by atoms with E-state index < -0.39 is 0 Å². The average Bonchev–Trinajstić information content (AvgIpc) is 2.84. The Hall–Kier alpha value is -0.220. The summed E-state index contributed by atoms with van der Waals surface area (Å²) in [7, 11) is 1.65. The molecule has 1 unspecified atom stereocenters. The molecule has 0 spiro atoms. The maximum Gasteiger partial charge on any atom is 0.129 e. The van der Waals surface area contributed by atoms with E-state index in [0.717, 1.165) is 20.5 Å². The lowest BCUT2D eigenvalue weighted by Gasteiger charge is -2.04. The Morgan fingerprint density at radius 2 is 2.20 bits per heavy atom. The number of thiophene rings is 2. The highest BCUT2D eigenvalue weighted by atomic mass is 35.5. The second-order valence-corrected chi connectivity index (χ2v) is 5.62. The van der Waals surface area contributed by atoms with Crippen molar-refractivity contribution in [2.45, 2.75) is 5.38 Å². The van der Waals surface area contributed by atoms with Crippen molar-refractivity contribution in [1.29, 1.82) is 0 Å². The molecule has 1 atom stereocenters. The van der Waals surface area contributed by atoms with Crippen LogP contribution >= 0.6 is 45.9 Å². The van der Waals surface area contributed by atoms with Crippen molar-refractivity contribution in [3.8, 4) is 5.75 Å². The van der Waals surface area contributed by atoms with Crippen molar-refractivity contribution < 1.29 is 4.74 Å². The van der Waals surface area contributed by atoms with E-state index >= 15 is 0 Å². The van der Waals surface area contributed by atoms with E-state index in [4.69, 9.17) is 27.9 Å². The van der Waals surface area contributed by atoms with Crippen molar-refractivity contribution in [2.24, 2.45) is 0 Å². The summed E-state index contributed by atoms with van der Waals surface area (Å²) in [5.41, 5.74) is 0. The molecule has 2 aromatic heterocycles. The number of alkyl halides is 1. The standard InChI is InChI=1S/C10H8Cl2OS2/c1-13-6-4-8(15-5-6)9(12)10-7(11)2-3-14-10/h2-5,9H,1H3. The Morgan fingerprint density at radius 3 is 2.73 bits per heavy atom. The van der Waals surface area contributed by atoms with Gasteiger partial charge in [0.05, 0.1) is 12.1 Å². The second kappa shape index (κ2) is 4.74. The Morgan fingerprint density at radius 1 is 1.40 bits per heavy atom. The zero-order valence-corrected chi connectivity index (χ0v) is 11.0. The molecule has 0 saturated heterocycles. The minimum atomic E-state index is -0.175. The van der Waals surface area contributed by atoms with E-state index in [1.165, 1.54) is 0 Å². The summed E-state index contributed by atoms with van der Waals surface area (Å²) in [6.45, 7) is 0. The van der Waals surface area contributed by atoms with Crippen LogP contribution in [-0.2, 0) is 0 Å². The maximum atomic E-state index is 6.33. The molecule has 0 aliphatic rings. The van der Waals surface area contributed by atoms with Crippen LogP contribution in [0.15, 0.2) is 22.9 Å². The van der Waals surface area contributed by atoms with Crippen molar-refractivity contribution >= 4 is 45.9 Å². The first-order valence-electron chi connectivity index (χ1n) is 4.21. The molecule has 0 aliphatic carbocycles. The van der Waals surface area contributed by atoms with Crippen LogP contribution in [0.25, 0.3) is 0 Å². The fourth-order valence-corrected chi connectivity index (χ4v) is 3.81. The van der Waals surface area contributed by atoms with E-state index in [2.05, 4.69) is 0 Å². The normalized spacial score (nSPS) is 12.7. The summed E-state index contributed by atoms with van der Waals surface area (Å²) in [5, 5.41) is 4.43. The quantitative estimate of drug-likeness (QED) is 0.733. The summed E-state index contributed by atoms with van der Waals surface area (Å²) in [5.74, 6) is 0.841. The number of halogens is 2. The molecule has 2 heterocycles.